The van der Waals surface area contributed by atoms with E-state index in [9.17, 15) is 23.5 Å². The van der Waals surface area contributed by atoms with Crippen LogP contribution in [0, 0.1) is 18.6 Å². The summed E-state index contributed by atoms with van der Waals surface area (Å²) in [5, 5.41) is 17.6. The standard InChI is InChI=1S/C32H43F2N3O4/c1-4-6-10-41-27-18-28(35-19-27)30(38)29(15-21-13-24(33)17-25(34)14-21)36-31(39)22-11-20(3)12-23(16-22)32(40)37-9-7-8-26(37)5-2/h11-14,16-17,26-30,35,38H,4-10,15,18-19H2,1-3H3,(H,36,39)/t26-,27+,28+,29-,30+/m0/s1. The van der Waals surface area contributed by atoms with Gasteiger partial charge in [0.25, 0.3) is 11.8 Å². The van der Waals surface area contributed by atoms with Gasteiger partial charge in [0.15, 0.2) is 0 Å². The molecule has 0 unspecified atom stereocenters. The number of hydrogen-bond acceptors (Lipinski definition) is 5. The number of aliphatic hydroxyl groups is 1. The zero-order chi connectivity index (χ0) is 29.5. The maximum atomic E-state index is 14.0. The number of nitrogens with one attached hydrogen (secondary N) is 2. The van der Waals surface area contributed by atoms with E-state index >= 15 is 0 Å². The first-order valence-corrected chi connectivity index (χ1v) is 14.9. The SMILES string of the molecule is CCCCO[C@H]1CN[C@@H]([C@@H](O)[C@H](Cc2cc(F)cc(F)c2)NC(=O)c2cc(C)cc(C(=O)N3CCC[C@@H]3CC)c2)C1. The highest BCUT2D eigenvalue weighted by Crippen LogP contribution is 2.24. The number of aliphatic hydroxyl groups excluding tert-OH is 1. The molecule has 2 aromatic carbocycles. The van der Waals surface area contributed by atoms with Crippen LogP contribution in [0.4, 0.5) is 8.78 Å². The molecule has 7 nitrogen and oxygen atoms in total. The second-order valence-electron chi connectivity index (χ2n) is 11.4. The maximum Gasteiger partial charge on any atom is 0.254 e. The Morgan fingerprint density at radius 1 is 1.12 bits per heavy atom. The molecule has 0 radical (unpaired) electrons. The number of unbranched alkanes of at least 4 members (excludes halogenated alkanes) is 1. The van der Waals surface area contributed by atoms with E-state index in [1.54, 1.807) is 18.2 Å². The highest BCUT2D eigenvalue weighted by molar-refractivity contribution is 6.00. The number of amides is 2. The summed E-state index contributed by atoms with van der Waals surface area (Å²) in [6.07, 6.45) is 4.24. The van der Waals surface area contributed by atoms with Crippen LogP contribution in [0.25, 0.3) is 0 Å². The number of aryl methyl sites for hydroxylation is 1. The van der Waals surface area contributed by atoms with E-state index in [-0.39, 0.29) is 30.5 Å². The number of likely N-dealkylation sites (tertiary alicyclic amines) is 1. The summed E-state index contributed by atoms with van der Waals surface area (Å²) < 4.78 is 33.9. The highest BCUT2D eigenvalue weighted by atomic mass is 19.1. The Kier molecular flexibility index (Phi) is 10.9. The van der Waals surface area contributed by atoms with E-state index in [0.717, 1.165) is 43.7 Å². The predicted octanol–water partition coefficient (Wildman–Crippen LogP) is 4.54. The smallest absolute Gasteiger partial charge is 0.254 e. The van der Waals surface area contributed by atoms with E-state index in [0.29, 0.717) is 42.8 Å². The Hall–Kier alpha value is -2.88. The van der Waals surface area contributed by atoms with E-state index in [1.807, 2.05) is 11.8 Å². The van der Waals surface area contributed by atoms with Crippen molar-refractivity contribution in [2.75, 3.05) is 19.7 Å². The predicted molar refractivity (Wildman–Crippen MR) is 154 cm³/mol. The zero-order valence-electron chi connectivity index (χ0n) is 24.3. The molecule has 3 N–H and O–H groups in total. The van der Waals surface area contributed by atoms with Gasteiger partial charge in [-0.2, -0.15) is 0 Å². The molecular weight excluding hydrogens is 528 g/mol. The molecule has 2 saturated heterocycles. The summed E-state index contributed by atoms with van der Waals surface area (Å²) in [5.41, 5.74) is 1.83. The Balaban J connectivity index is 1.53. The first kappa shape index (κ1) is 31.1. The molecule has 2 amide bonds. The Labute approximate surface area is 241 Å². The number of nitrogens with zero attached hydrogens (tertiary/aromatic N) is 1. The quantitative estimate of drug-likeness (QED) is 0.326. The fourth-order valence-corrected chi connectivity index (χ4v) is 6.02. The molecule has 41 heavy (non-hydrogen) atoms. The molecular formula is C32H43F2N3O4. The molecule has 0 aromatic heterocycles. The summed E-state index contributed by atoms with van der Waals surface area (Å²) >= 11 is 0. The largest absolute Gasteiger partial charge is 0.389 e. The lowest BCUT2D eigenvalue weighted by Gasteiger charge is -2.29. The average Bonchev–Trinajstić information content (AvgIpc) is 3.61. The van der Waals surface area contributed by atoms with Crippen LogP contribution in [0.5, 0.6) is 0 Å². The molecule has 9 heteroatoms. The average molecular weight is 572 g/mol. The molecule has 2 aliphatic heterocycles. The molecule has 224 valence electrons. The van der Waals surface area contributed by atoms with Crippen LogP contribution < -0.4 is 10.6 Å². The van der Waals surface area contributed by atoms with Gasteiger partial charge in [-0.25, -0.2) is 8.78 Å². The second kappa shape index (κ2) is 14.3. The van der Waals surface area contributed by atoms with Crippen LogP contribution in [0.2, 0.25) is 0 Å². The fraction of sp³-hybridized carbons (Fsp3) is 0.562. The van der Waals surface area contributed by atoms with Crippen molar-refractivity contribution in [3.05, 3.63) is 70.3 Å². The number of rotatable bonds is 12. The van der Waals surface area contributed by atoms with E-state index in [4.69, 9.17) is 4.74 Å². The number of carbonyl (C=O) groups is 2. The molecule has 2 heterocycles. The lowest BCUT2D eigenvalue weighted by atomic mass is 9.94. The van der Waals surface area contributed by atoms with Gasteiger partial charge in [0.2, 0.25) is 0 Å². The number of hydrogen-bond donors (Lipinski definition) is 3. The molecule has 0 saturated carbocycles. The van der Waals surface area contributed by atoms with Crippen molar-refractivity contribution in [3.63, 3.8) is 0 Å². The van der Waals surface area contributed by atoms with Gasteiger partial charge in [-0.15, -0.1) is 0 Å². The maximum absolute atomic E-state index is 14.0. The van der Waals surface area contributed by atoms with Crippen molar-refractivity contribution in [2.45, 2.75) is 96.1 Å². The van der Waals surface area contributed by atoms with Gasteiger partial charge in [0, 0.05) is 49.0 Å². The summed E-state index contributed by atoms with van der Waals surface area (Å²) in [6.45, 7) is 7.89. The van der Waals surface area contributed by atoms with E-state index < -0.39 is 29.7 Å². The van der Waals surface area contributed by atoms with Crippen molar-refractivity contribution >= 4 is 11.8 Å². The van der Waals surface area contributed by atoms with Crippen molar-refractivity contribution < 1.29 is 28.2 Å². The molecule has 2 aliphatic rings. The van der Waals surface area contributed by atoms with Crippen molar-refractivity contribution in [3.8, 4) is 0 Å². The third-order valence-electron chi connectivity index (χ3n) is 8.19. The van der Waals surface area contributed by atoms with Crippen LogP contribution >= 0.6 is 0 Å². The molecule has 2 fully saturated rings. The van der Waals surface area contributed by atoms with Crippen molar-refractivity contribution in [1.82, 2.24) is 15.5 Å². The van der Waals surface area contributed by atoms with Crippen molar-refractivity contribution in [2.24, 2.45) is 0 Å². The minimum absolute atomic E-state index is 0.0185. The monoisotopic (exact) mass is 571 g/mol. The van der Waals surface area contributed by atoms with Gasteiger partial charge < -0.3 is 25.4 Å². The summed E-state index contributed by atoms with van der Waals surface area (Å²) in [6, 6.07) is 7.25. The van der Waals surface area contributed by atoms with Crippen LogP contribution in [-0.2, 0) is 11.2 Å². The fourth-order valence-electron chi connectivity index (χ4n) is 6.02. The first-order valence-electron chi connectivity index (χ1n) is 14.9. The van der Waals surface area contributed by atoms with Crippen LogP contribution in [0.15, 0.2) is 36.4 Å². The molecule has 0 aliphatic carbocycles. The molecule has 0 spiro atoms. The molecule has 4 rings (SSSR count). The van der Waals surface area contributed by atoms with E-state index in [2.05, 4.69) is 24.5 Å². The summed E-state index contributed by atoms with van der Waals surface area (Å²) in [5.74, 6) is -2.01. The van der Waals surface area contributed by atoms with Gasteiger partial charge in [-0.3, -0.25) is 9.59 Å². The number of halogens is 2. The Morgan fingerprint density at radius 2 is 1.85 bits per heavy atom. The number of ether oxygens (including phenoxy) is 1. The van der Waals surface area contributed by atoms with Crippen LogP contribution in [0.1, 0.15) is 84.2 Å². The minimum atomic E-state index is -1.05. The summed E-state index contributed by atoms with van der Waals surface area (Å²) in [7, 11) is 0. The third kappa shape index (κ3) is 8.11. The van der Waals surface area contributed by atoms with Gasteiger partial charge in [0.05, 0.1) is 18.2 Å². The lowest BCUT2D eigenvalue weighted by Crippen LogP contribution is -2.52. The topological polar surface area (TPSA) is 90.9 Å². The van der Waals surface area contributed by atoms with Gasteiger partial charge in [-0.05, 0) is 86.9 Å². The Bertz CT molecular complexity index is 1190. The number of benzene rings is 2. The molecule has 0 bridgehead atoms. The lowest BCUT2D eigenvalue weighted by molar-refractivity contribution is 0.0498. The molecule has 5 atom stereocenters. The van der Waals surface area contributed by atoms with Crippen LogP contribution in [0.3, 0.4) is 0 Å². The normalized spacial score (nSPS) is 22.1. The second-order valence-corrected chi connectivity index (χ2v) is 11.4. The first-order chi connectivity index (χ1) is 19.7. The van der Waals surface area contributed by atoms with Crippen molar-refractivity contribution in [1.29, 1.82) is 0 Å². The highest BCUT2D eigenvalue weighted by Gasteiger charge is 2.36. The zero-order valence-corrected chi connectivity index (χ0v) is 24.3. The van der Waals surface area contributed by atoms with Crippen LogP contribution in [-0.4, -0.2) is 71.9 Å². The molecule has 2 aromatic rings. The van der Waals surface area contributed by atoms with E-state index in [1.165, 1.54) is 12.1 Å². The van der Waals surface area contributed by atoms with Gasteiger partial charge in [-0.1, -0.05) is 20.3 Å². The summed E-state index contributed by atoms with van der Waals surface area (Å²) in [4.78, 5) is 28.8. The number of carbonyl (C=O) groups excluding carboxylic acids is 2. The minimum Gasteiger partial charge on any atom is -0.389 e. The van der Waals surface area contributed by atoms with Gasteiger partial charge in [0.1, 0.15) is 11.6 Å². The third-order valence-corrected chi connectivity index (χ3v) is 8.19. The van der Waals surface area contributed by atoms with Gasteiger partial charge >= 0.3 is 0 Å². The Morgan fingerprint density at radius 3 is 2.56 bits per heavy atom.